The molecule has 0 N–H and O–H groups in total. The minimum Gasteiger partial charge on any atom is -0.444 e. The standard InChI is InChI=1S/C17H22N2O4S/c1-17(2,3)23-16(20)19-10-6-7-12(11-19)24(21)15-18-13-8-4-5-9-14(13)22-15/h4-5,8-9,12H,6-7,10-11H2,1-3H3/t12-,24-/m0/s1. The van der Waals surface area contributed by atoms with Crippen LogP contribution in [0.25, 0.3) is 11.1 Å². The number of aromatic nitrogens is 1. The highest BCUT2D eigenvalue weighted by Gasteiger charge is 2.32. The molecular weight excluding hydrogens is 328 g/mol. The zero-order chi connectivity index (χ0) is 17.3. The molecule has 24 heavy (non-hydrogen) atoms. The van der Waals surface area contributed by atoms with Gasteiger partial charge in [0.15, 0.2) is 5.58 Å². The van der Waals surface area contributed by atoms with Crippen LogP contribution < -0.4 is 0 Å². The van der Waals surface area contributed by atoms with Gasteiger partial charge in [0.1, 0.15) is 21.9 Å². The zero-order valence-electron chi connectivity index (χ0n) is 14.2. The summed E-state index contributed by atoms with van der Waals surface area (Å²) in [6.07, 6.45) is 1.20. The highest BCUT2D eigenvalue weighted by atomic mass is 32.2. The van der Waals surface area contributed by atoms with Crippen molar-refractivity contribution in [1.29, 1.82) is 0 Å². The van der Waals surface area contributed by atoms with Crippen LogP contribution >= 0.6 is 0 Å². The molecule has 3 rings (SSSR count). The Labute approximate surface area is 143 Å². The summed E-state index contributed by atoms with van der Waals surface area (Å²) in [5, 5.41) is 0.0339. The van der Waals surface area contributed by atoms with Crippen LogP contribution in [0.2, 0.25) is 0 Å². The van der Waals surface area contributed by atoms with E-state index < -0.39 is 16.4 Å². The van der Waals surface area contributed by atoms with E-state index in [0.717, 1.165) is 12.8 Å². The van der Waals surface area contributed by atoms with Gasteiger partial charge >= 0.3 is 6.09 Å². The quantitative estimate of drug-likeness (QED) is 0.830. The molecule has 0 radical (unpaired) electrons. The van der Waals surface area contributed by atoms with E-state index in [-0.39, 0.29) is 16.6 Å². The number of benzene rings is 1. The number of carbonyl (C=O) groups excluding carboxylic acids is 1. The molecule has 1 amide bonds. The molecular formula is C17H22N2O4S. The monoisotopic (exact) mass is 350 g/mol. The van der Waals surface area contributed by atoms with Crippen molar-refractivity contribution in [3.8, 4) is 0 Å². The summed E-state index contributed by atoms with van der Waals surface area (Å²) in [7, 11) is -1.39. The number of piperidine rings is 1. The second kappa shape index (κ2) is 6.55. The SMILES string of the molecule is CC(C)(C)OC(=O)N1CCC[C@H]([S@](=O)c2nc3ccccc3o2)C1. The van der Waals surface area contributed by atoms with Gasteiger partial charge in [0.25, 0.3) is 5.22 Å². The number of para-hydroxylation sites is 2. The predicted octanol–water partition coefficient (Wildman–Crippen LogP) is 3.33. The van der Waals surface area contributed by atoms with Crippen LogP contribution in [0.1, 0.15) is 33.6 Å². The summed E-state index contributed by atoms with van der Waals surface area (Å²) < 4.78 is 23.8. The molecule has 130 valence electrons. The number of nitrogens with zero attached hydrogens (tertiary/aromatic N) is 2. The van der Waals surface area contributed by atoms with Crippen molar-refractivity contribution >= 4 is 28.0 Å². The van der Waals surface area contributed by atoms with Gasteiger partial charge in [-0.2, -0.15) is 0 Å². The molecule has 0 bridgehead atoms. The summed E-state index contributed by atoms with van der Waals surface area (Å²) in [4.78, 5) is 18.2. The molecule has 1 aromatic heterocycles. The predicted molar refractivity (Wildman–Crippen MR) is 91.2 cm³/mol. The lowest BCUT2D eigenvalue weighted by molar-refractivity contribution is 0.0219. The van der Waals surface area contributed by atoms with E-state index in [1.807, 2.05) is 39.0 Å². The molecule has 2 heterocycles. The Morgan fingerprint density at radius 1 is 1.38 bits per heavy atom. The lowest BCUT2D eigenvalue weighted by atomic mass is 10.1. The maximum atomic E-state index is 12.8. The highest BCUT2D eigenvalue weighted by molar-refractivity contribution is 7.85. The maximum absolute atomic E-state index is 12.8. The van der Waals surface area contributed by atoms with Gasteiger partial charge in [-0.3, -0.25) is 0 Å². The molecule has 0 spiro atoms. The summed E-state index contributed by atoms with van der Waals surface area (Å²) in [5.74, 6) is 0. The van der Waals surface area contributed by atoms with Crippen molar-refractivity contribution in [2.45, 2.75) is 49.7 Å². The number of carbonyl (C=O) groups is 1. The fourth-order valence-corrected chi connectivity index (χ4v) is 4.03. The first kappa shape index (κ1) is 17.0. The van der Waals surface area contributed by atoms with Crippen LogP contribution in [0.4, 0.5) is 4.79 Å². The average Bonchev–Trinajstić information content (AvgIpc) is 2.96. The van der Waals surface area contributed by atoms with Crippen molar-refractivity contribution in [2.75, 3.05) is 13.1 Å². The third kappa shape index (κ3) is 3.77. The minimum absolute atomic E-state index is 0.195. The van der Waals surface area contributed by atoms with Gasteiger partial charge < -0.3 is 14.1 Å². The van der Waals surface area contributed by atoms with Crippen molar-refractivity contribution in [2.24, 2.45) is 0 Å². The molecule has 2 atom stereocenters. The van der Waals surface area contributed by atoms with E-state index in [4.69, 9.17) is 9.15 Å². The number of rotatable bonds is 2. The first-order chi connectivity index (χ1) is 11.3. The zero-order valence-corrected chi connectivity index (χ0v) is 15.0. The van der Waals surface area contributed by atoms with Gasteiger partial charge in [0.05, 0.1) is 5.25 Å². The van der Waals surface area contributed by atoms with Gasteiger partial charge in [0, 0.05) is 13.1 Å². The molecule has 1 aliphatic rings. The van der Waals surface area contributed by atoms with Crippen LogP contribution in [-0.4, -0.2) is 44.1 Å². The van der Waals surface area contributed by atoms with Gasteiger partial charge in [-0.15, -0.1) is 0 Å². The number of fused-ring (bicyclic) bond motifs is 1. The number of hydrogen-bond donors (Lipinski definition) is 0. The molecule has 1 aliphatic heterocycles. The molecule has 2 aromatic rings. The van der Waals surface area contributed by atoms with Gasteiger partial charge in [-0.05, 0) is 45.7 Å². The van der Waals surface area contributed by atoms with E-state index in [1.54, 1.807) is 11.0 Å². The molecule has 0 aliphatic carbocycles. The molecule has 0 unspecified atom stereocenters. The minimum atomic E-state index is -1.39. The Kier molecular flexibility index (Phi) is 4.62. The number of amides is 1. The van der Waals surface area contributed by atoms with Crippen LogP contribution in [0, 0.1) is 0 Å². The van der Waals surface area contributed by atoms with E-state index in [0.29, 0.717) is 24.2 Å². The highest BCUT2D eigenvalue weighted by Crippen LogP contribution is 2.24. The number of likely N-dealkylation sites (tertiary alicyclic amines) is 1. The van der Waals surface area contributed by atoms with Crippen molar-refractivity contribution in [3.63, 3.8) is 0 Å². The number of oxazole rings is 1. The molecule has 7 heteroatoms. The van der Waals surface area contributed by atoms with Gasteiger partial charge in [0.2, 0.25) is 0 Å². The van der Waals surface area contributed by atoms with Gasteiger partial charge in [-0.25, -0.2) is 14.0 Å². The van der Waals surface area contributed by atoms with Crippen LogP contribution in [0.3, 0.4) is 0 Å². The van der Waals surface area contributed by atoms with Crippen LogP contribution in [0.5, 0.6) is 0 Å². The van der Waals surface area contributed by atoms with Crippen LogP contribution in [-0.2, 0) is 15.5 Å². The van der Waals surface area contributed by atoms with Crippen molar-refractivity contribution in [1.82, 2.24) is 9.88 Å². The molecule has 6 nitrogen and oxygen atoms in total. The fourth-order valence-electron chi connectivity index (χ4n) is 2.68. The summed E-state index contributed by atoms with van der Waals surface area (Å²) in [6, 6.07) is 7.35. The Balaban J connectivity index is 1.72. The Morgan fingerprint density at radius 2 is 2.12 bits per heavy atom. The molecule has 1 aromatic carbocycles. The Bertz CT molecular complexity index is 732. The Hall–Kier alpha value is -1.89. The number of hydrogen-bond acceptors (Lipinski definition) is 5. The second-order valence-corrected chi connectivity index (χ2v) is 8.55. The van der Waals surface area contributed by atoms with E-state index in [1.165, 1.54) is 0 Å². The molecule has 1 saturated heterocycles. The van der Waals surface area contributed by atoms with Gasteiger partial charge in [-0.1, -0.05) is 12.1 Å². The van der Waals surface area contributed by atoms with E-state index in [9.17, 15) is 9.00 Å². The normalized spacial score (nSPS) is 20.1. The molecule has 1 fully saturated rings. The molecule has 0 saturated carbocycles. The summed E-state index contributed by atoms with van der Waals surface area (Å²) >= 11 is 0. The first-order valence-electron chi connectivity index (χ1n) is 8.07. The van der Waals surface area contributed by atoms with Crippen LogP contribution in [0.15, 0.2) is 33.9 Å². The average molecular weight is 350 g/mol. The summed E-state index contributed by atoms with van der Waals surface area (Å²) in [5.41, 5.74) is 0.782. The third-order valence-electron chi connectivity index (χ3n) is 3.78. The lowest BCUT2D eigenvalue weighted by Crippen LogP contribution is -2.45. The fraction of sp³-hybridized carbons (Fsp3) is 0.529. The lowest BCUT2D eigenvalue weighted by Gasteiger charge is -2.33. The van der Waals surface area contributed by atoms with E-state index >= 15 is 0 Å². The Morgan fingerprint density at radius 3 is 2.83 bits per heavy atom. The van der Waals surface area contributed by atoms with Crippen molar-refractivity contribution < 1.29 is 18.2 Å². The third-order valence-corrected chi connectivity index (χ3v) is 5.29. The van der Waals surface area contributed by atoms with Crippen molar-refractivity contribution in [3.05, 3.63) is 24.3 Å². The first-order valence-corrected chi connectivity index (χ1v) is 9.29. The number of ether oxygens (including phenoxy) is 1. The van der Waals surface area contributed by atoms with E-state index in [2.05, 4.69) is 4.98 Å². The topological polar surface area (TPSA) is 72.6 Å². The second-order valence-electron chi connectivity index (χ2n) is 6.94. The largest absolute Gasteiger partial charge is 0.444 e. The smallest absolute Gasteiger partial charge is 0.410 e. The summed E-state index contributed by atoms with van der Waals surface area (Å²) in [6.45, 7) is 6.52. The maximum Gasteiger partial charge on any atom is 0.410 e.